The fourth-order valence-electron chi connectivity index (χ4n) is 3.86. The van der Waals surface area contributed by atoms with Crippen molar-refractivity contribution in [2.75, 3.05) is 34.3 Å². The number of carbonyl (C=O) groups excluding carboxylic acids is 1. The number of primary amides is 1. The first-order chi connectivity index (χ1) is 14.1. The Morgan fingerprint density at radius 3 is 2.50 bits per heavy atom. The quantitative estimate of drug-likeness (QED) is 0.716. The first kappa shape index (κ1) is 22.2. The third-order valence-electron chi connectivity index (χ3n) is 5.49. The van der Waals surface area contributed by atoms with Gasteiger partial charge in [-0.15, -0.1) is 0 Å². The summed E-state index contributed by atoms with van der Waals surface area (Å²) in [6.45, 7) is 1.46. The summed E-state index contributed by atoms with van der Waals surface area (Å²) in [5.41, 5.74) is 7.30. The second-order valence-electron chi connectivity index (χ2n) is 7.63. The minimum atomic E-state index is -3.96. The van der Waals surface area contributed by atoms with E-state index in [2.05, 4.69) is 4.90 Å². The number of carbonyl (C=O) groups is 1. The minimum absolute atomic E-state index is 0.0135. The Kier molecular flexibility index (Phi) is 6.44. The first-order valence-electron chi connectivity index (χ1n) is 9.50. The van der Waals surface area contributed by atoms with E-state index in [1.54, 1.807) is 0 Å². The van der Waals surface area contributed by atoms with Crippen LogP contribution in [0.2, 0.25) is 0 Å². The fraction of sp³-hybridized carbons (Fsp3) is 0.381. The predicted octanol–water partition coefficient (Wildman–Crippen LogP) is 1.79. The Bertz CT molecular complexity index is 1030. The van der Waals surface area contributed by atoms with Crippen molar-refractivity contribution >= 4 is 15.9 Å². The number of methoxy groups -OCH3 is 1. The number of rotatable bonds is 7. The van der Waals surface area contributed by atoms with Crippen LogP contribution in [0, 0.1) is 11.7 Å². The van der Waals surface area contributed by atoms with Gasteiger partial charge in [0, 0.05) is 32.6 Å². The number of nitrogens with zero attached hydrogens (tertiary/aromatic N) is 2. The molecule has 1 fully saturated rings. The largest absolute Gasteiger partial charge is 0.495 e. The molecule has 0 aliphatic carbocycles. The van der Waals surface area contributed by atoms with Gasteiger partial charge in [-0.05, 0) is 36.4 Å². The molecule has 1 amide bonds. The van der Waals surface area contributed by atoms with Crippen LogP contribution in [0.3, 0.4) is 0 Å². The minimum Gasteiger partial charge on any atom is -0.495 e. The van der Waals surface area contributed by atoms with E-state index in [9.17, 15) is 17.6 Å². The number of amides is 1. The lowest BCUT2D eigenvalue weighted by atomic mass is 9.88. The SMILES string of the molecule is COc1ccc(F)cc1S(=O)(=O)N(C)Cc1ccc([C@H]2CN(C)C[C@@H]2C(N)=O)cc1. The Hall–Kier alpha value is -2.49. The molecule has 0 aromatic heterocycles. The van der Waals surface area contributed by atoms with Gasteiger partial charge in [0.2, 0.25) is 15.9 Å². The maximum absolute atomic E-state index is 13.6. The molecule has 2 aromatic carbocycles. The van der Waals surface area contributed by atoms with E-state index in [1.807, 2.05) is 31.3 Å². The van der Waals surface area contributed by atoms with Crippen molar-refractivity contribution in [1.82, 2.24) is 9.21 Å². The van der Waals surface area contributed by atoms with Gasteiger partial charge in [0.15, 0.2) is 0 Å². The summed E-state index contributed by atoms with van der Waals surface area (Å²) in [6.07, 6.45) is 0. The summed E-state index contributed by atoms with van der Waals surface area (Å²) in [4.78, 5) is 13.6. The van der Waals surface area contributed by atoms with Crippen LogP contribution in [-0.4, -0.2) is 57.8 Å². The van der Waals surface area contributed by atoms with Gasteiger partial charge in [-0.2, -0.15) is 4.31 Å². The van der Waals surface area contributed by atoms with E-state index in [0.717, 1.165) is 34.1 Å². The van der Waals surface area contributed by atoms with Crippen molar-refractivity contribution in [2.45, 2.75) is 17.4 Å². The van der Waals surface area contributed by atoms with Gasteiger partial charge >= 0.3 is 0 Å². The van der Waals surface area contributed by atoms with Crippen LogP contribution >= 0.6 is 0 Å². The van der Waals surface area contributed by atoms with Gasteiger partial charge in [-0.25, -0.2) is 12.8 Å². The molecule has 30 heavy (non-hydrogen) atoms. The number of likely N-dealkylation sites (N-methyl/N-ethyl adjacent to an activating group) is 1. The van der Waals surface area contributed by atoms with E-state index in [4.69, 9.17) is 10.5 Å². The number of halogens is 1. The normalized spacial score (nSPS) is 19.9. The van der Waals surface area contributed by atoms with Crippen molar-refractivity contribution in [3.05, 3.63) is 59.4 Å². The summed E-state index contributed by atoms with van der Waals surface area (Å²) in [5, 5.41) is 0. The fourth-order valence-corrected chi connectivity index (χ4v) is 5.18. The van der Waals surface area contributed by atoms with Gasteiger partial charge in [-0.1, -0.05) is 24.3 Å². The highest BCUT2D eigenvalue weighted by molar-refractivity contribution is 7.89. The maximum Gasteiger partial charge on any atom is 0.246 e. The molecule has 1 heterocycles. The van der Waals surface area contributed by atoms with Gasteiger partial charge in [0.1, 0.15) is 16.5 Å². The molecular weight excluding hydrogens is 409 g/mol. The summed E-state index contributed by atoms with van der Waals surface area (Å²) in [7, 11) is 0.765. The molecule has 2 atom stereocenters. The second kappa shape index (κ2) is 8.71. The van der Waals surface area contributed by atoms with Crippen molar-refractivity contribution < 1.29 is 22.3 Å². The Balaban J connectivity index is 1.78. The molecule has 1 aliphatic rings. The molecule has 0 unspecified atom stereocenters. The molecule has 0 saturated carbocycles. The molecule has 0 spiro atoms. The highest BCUT2D eigenvalue weighted by Gasteiger charge is 2.35. The van der Waals surface area contributed by atoms with Crippen LogP contribution in [0.5, 0.6) is 5.75 Å². The number of likely N-dealkylation sites (tertiary alicyclic amines) is 1. The number of nitrogens with two attached hydrogens (primary N) is 1. The molecule has 9 heteroatoms. The Morgan fingerprint density at radius 1 is 1.23 bits per heavy atom. The average molecular weight is 436 g/mol. The number of benzene rings is 2. The van der Waals surface area contributed by atoms with Crippen molar-refractivity contribution in [3.8, 4) is 5.75 Å². The van der Waals surface area contributed by atoms with Crippen LogP contribution in [0.25, 0.3) is 0 Å². The molecule has 1 aliphatic heterocycles. The highest BCUT2D eigenvalue weighted by Crippen LogP contribution is 2.32. The van der Waals surface area contributed by atoms with Crippen LogP contribution in [0.4, 0.5) is 4.39 Å². The van der Waals surface area contributed by atoms with Gasteiger partial charge < -0.3 is 15.4 Å². The van der Waals surface area contributed by atoms with Crippen molar-refractivity contribution in [2.24, 2.45) is 11.7 Å². The zero-order valence-electron chi connectivity index (χ0n) is 17.2. The molecule has 162 valence electrons. The number of hydrogen-bond acceptors (Lipinski definition) is 5. The topological polar surface area (TPSA) is 92.9 Å². The molecule has 7 nitrogen and oxygen atoms in total. The van der Waals surface area contributed by atoms with E-state index in [1.165, 1.54) is 20.2 Å². The van der Waals surface area contributed by atoms with E-state index in [0.29, 0.717) is 6.54 Å². The van der Waals surface area contributed by atoms with Crippen molar-refractivity contribution in [1.29, 1.82) is 0 Å². The lowest BCUT2D eigenvalue weighted by Crippen LogP contribution is -2.28. The van der Waals surface area contributed by atoms with Gasteiger partial charge in [-0.3, -0.25) is 4.79 Å². The highest BCUT2D eigenvalue weighted by atomic mass is 32.2. The van der Waals surface area contributed by atoms with E-state index >= 15 is 0 Å². The number of sulfonamides is 1. The molecular formula is C21H26FN3O4S. The zero-order chi connectivity index (χ0) is 22.1. The first-order valence-corrected chi connectivity index (χ1v) is 10.9. The third-order valence-corrected chi connectivity index (χ3v) is 7.32. The standard InChI is InChI=1S/C21H26FN3O4S/c1-24-12-17(18(13-24)21(23)26)15-6-4-14(5-7-15)11-25(2)30(27,28)20-10-16(22)8-9-19(20)29-3/h4-10,17-18H,11-13H2,1-3H3,(H2,23,26)/t17-,18+/m1/s1. The molecule has 3 rings (SSSR count). The second-order valence-corrected chi connectivity index (χ2v) is 9.65. The molecule has 1 saturated heterocycles. The lowest BCUT2D eigenvalue weighted by Gasteiger charge is -2.20. The lowest BCUT2D eigenvalue weighted by molar-refractivity contribution is -0.121. The van der Waals surface area contributed by atoms with Crippen LogP contribution in [-0.2, 0) is 21.4 Å². The average Bonchev–Trinajstić information content (AvgIpc) is 3.10. The Labute approximate surface area is 176 Å². The molecule has 0 radical (unpaired) electrons. The smallest absolute Gasteiger partial charge is 0.246 e. The number of hydrogen-bond donors (Lipinski definition) is 1. The van der Waals surface area contributed by atoms with E-state index < -0.39 is 15.8 Å². The van der Waals surface area contributed by atoms with Crippen molar-refractivity contribution in [3.63, 3.8) is 0 Å². The summed E-state index contributed by atoms with van der Waals surface area (Å²) in [6, 6.07) is 10.9. The summed E-state index contributed by atoms with van der Waals surface area (Å²) >= 11 is 0. The third kappa shape index (κ3) is 4.48. The van der Waals surface area contributed by atoms with E-state index in [-0.39, 0.29) is 34.9 Å². The van der Waals surface area contributed by atoms with Crippen LogP contribution in [0.15, 0.2) is 47.4 Å². The van der Waals surface area contributed by atoms with Gasteiger partial charge in [0.25, 0.3) is 0 Å². The van der Waals surface area contributed by atoms with Crippen LogP contribution in [0.1, 0.15) is 17.0 Å². The summed E-state index contributed by atoms with van der Waals surface area (Å²) in [5.74, 6) is -1.12. The maximum atomic E-state index is 13.6. The Morgan fingerprint density at radius 2 is 1.90 bits per heavy atom. The predicted molar refractivity (Wildman–Crippen MR) is 111 cm³/mol. The van der Waals surface area contributed by atoms with Gasteiger partial charge in [0.05, 0.1) is 13.0 Å². The van der Waals surface area contributed by atoms with Crippen LogP contribution < -0.4 is 10.5 Å². The monoisotopic (exact) mass is 435 g/mol. The number of ether oxygens (including phenoxy) is 1. The molecule has 0 bridgehead atoms. The molecule has 2 N–H and O–H groups in total. The zero-order valence-corrected chi connectivity index (χ0v) is 18.0. The molecule has 2 aromatic rings. The summed E-state index contributed by atoms with van der Waals surface area (Å²) < 4.78 is 45.7.